The molecule has 2 heterocycles. The fourth-order valence-corrected chi connectivity index (χ4v) is 2.89. The summed E-state index contributed by atoms with van der Waals surface area (Å²) in [7, 11) is 0. The van der Waals surface area contributed by atoms with Gasteiger partial charge in [0.2, 0.25) is 5.91 Å². The van der Waals surface area contributed by atoms with Gasteiger partial charge < -0.3 is 24.8 Å². The maximum atomic E-state index is 12.6. The molecule has 25 heavy (non-hydrogen) atoms. The van der Waals surface area contributed by atoms with Crippen molar-refractivity contribution in [2.24, 2.45) is 0 Å². The van der Waals surface area contributed by atoms with Gasteiger partial charge in [0, 0.05) is 24.8 Å². The van der Waals surface area contributed by atoms with Crippen LogP contribution in [0.15, 0.2) is 18.2 Å². The number of anilines is 1. The number of benzene rings is 1. The van der Waals surface area contributed by atoms with Crippen LogP contribution in [-0.2, 0) is 4.79 Å². The maximum Gasteiger partial charge on any atom is 0.325 e. The Morgan fingerprint density at radius 3 is 2.76 bits per heavy atom. The van der Waals surface area contributed by atoms with Crippen LogP contribution in [0, 0.1) is 0 Å². The maximum absolute atomic E-state index is 12.6. The summed E-state index contributed by atoms with van der Waals surface area (Å²) >= 11 is 0. The van der Waals surface area contributed by atoms with Crippen LogP contribution >= 0.6 is 0 Å². The van der Waals surface area contributed by atoms with Crippen molar-refractivity contribution in [1.82, 2.24) is 10.2 Å². The second-order valence-corrected chi connectivity index (χ2v) is 6.04. The van der Waals surface area contributed by atoms with Gasteiger partial charge in [0.25, 0.3) is 0 Å². The van der Waals surface area contributed by atoms with Gasteiger partial charge in [-0.2, -0.15) is 0 Å². The van der Waals surface area contributed by atoms with Gasteiger partial charge >= 0.3 is 6.03 Å². The summed E-state index contributed by atoms with van der Waals surface area (Å²) in [4.78, 5) is 27.7. The van der Waals surface area contributed by atoms with Crippen LogP contribution in [0.1, 0.15) is 13.3 Å². The van der Waals surface area contributed by atoms with E-state index >= 15 is 0 Å². The third kappa shape index (κ3) is 3.79. The lowest BCUT2D eigenvalue weighted by atomic mass is 10.2. The number of ether oxygens (including phenoxy) is 2. The third-order valence-corrected chi connectivity index (χ3v) is 4.35. The summed E-state index contributed by atoms with van der Waals surface area (Å²) in [5, 5.41) is 11.9. The summed E-state index contributed by atoms with van der Waals surface area (Å²) in [6.07, 6.45) is 0.638. The molecule has 8 heteroatoms. The van der Waals surface area contributed by atoms with E-state index in [2.05, 4.69) is 5.32 Å². The SMILES string of the molecule is CC[C@H](CO)NC(=O)CN1CCN(c2ccc3c(c2)OCCO3)C1=O. The van der Waals surface area contributed by atoms with Crippen LogP contribution in [0.25, 0.3) is 0 Å². The highest BCUT2D eigenvalue weighted by Gasteiger charge is 2.31. The van der Waals surface area contributed by atoms with Crippen LogP contribution in [0.3, 0.4) is 0 Å². The second-order valence-electron chi connectivity index (χ2n) is 6.04. The molecule has 0 bridgehead atoms. The van der Waals surface area contributed by atoms with Gasteiger partial charge in [-0.05, 0) is 18.6 Å². The number of amides is 3. The molecule has 0 radical (unpaired) electrons. The number of nitrogens with zero attached hydrogens (tertiary/aromatic N) is 2. The molecule has 2 aliphatic rings. The monoisotopic (exact) mass is 349 g/mol. The molecule has 136 valence electrons. The average molecular weight is 349 g/mol. The van der Waals surface area contributed by atoms with E-state index in [0.29, 0.717) is 44.2 Å². The lowest BCUT2D eigenvalue weighted by Gasteiger charge is -2.22. The highest BCUT2D eigenvalue weighted by Crippen LogP contribution is 2.34. The Morgan fingerprint density at radius 2 is 2.04 bits per heavy atom. The molecule has 1 atom stereocenters. The van der Waals surface area contributed by atoms with E-state index in [1.54, 1.807) is 17.0 Å². The number of hydrogen-bond donors (Lipinski definition) is 2. The first kappa shape index (κ1) is 17.3. The summed E-state index contributed by atoms with van der Waals surface area (Å²) in [5.74, 6) is 1.03. The Kier molecular flexibility index (Phi) is 5.28. The number of carbonyl (C=O) groups is 2. The first-order valence-electron chi connectivity index (χ1n) is 8.48. The van der Waals surface area contributed by atoms with Gasteiger partial charge in [-0.25, -0.2) is 4.79 Å². The molecule has 1 aromatic rings. The minimum Gasteiger partial charge on any atom is -0.486 e. The van der Waals surface area contributed by atoms with Crippen LogP contribution in [-0.4, -0.2) is 67.4 Å². The Balaban J connectivity index is 1.63. The molecule has 1 fully saturated rings. The zero-order valence-corrected chi connectivity index (χ0v) is 14.2. The van der Waals surface area contributed by atoms with Crippen molar-refractivity contribution in [3.8, 4) is 11.5 Å². The number of carbonyl (C=O) groups excluding carboxylic acids is 2. The van der Waals surface area contributed by atoms with Crippen LogP contribution in [0.2, 0.25) is 0 Å². The highest BCUT2D eigenvalue weighted by molar-refractivity contribution is 5.96. The first-order chi connectivity index (χ1) is 12.1. The van der Waals surface area contributed by atoms with E-state index in [1.807, 2.05) is 13.0 Å². The minimum absolute atomic E-state index is 0.0175. The average Bonchev–Trinajstić information content (AvgIpc) is 2.99. The Hall–Kier alpha value is -2.48. The summed E-state index contributed by atoms with van der Waals surface area (Å²) in [5.41, 5.74) is 0.721. The molecule has 1 saturated heterocycles. The molecule has 0 aliphatic carbocycles. The molecule has 0 unspecified atom stereocenters. The zero-order valence-electron chi connectivity index (χ0n) is 14.2. The molecule has 3 rings (SSSR count). The van der Waals surface area contributed by atoms with Crippen molar-refractivity contribution in [1.29, 1.82) is 0 Å². The molecule has 3 amide bonds. The van der Waals surface area contributed by atoms with Crippen molar-refractivity contribution in [2.45, 2.75) is 19.4 Å². The van der Waals surface area contributed by atoms with E-state index in [0.717, 1.165) is 5.69 Å². The van der Waals surface area contributed by atoms with E-state index < -0.39 is 0 Å². The predicted molar refractivity (Wildman–Crippen MR) is 91.1 cm³/mol. The number of nitrogens with one attached hydrogen (secondary N) is 1. The number of urea groups is 1. The Morgan fingerprint density at radius 1 is 1.28 bits per heavy atom. The molecular formula is C17H23N3O5. The van der Waals surface area contributed by atoms with Crippen molar-refractivity contribution < 1.29 is 24.2 Å². The molecule has 0 aromatic heterocycles. The van der Waals surface area contributed by atoms with Gasteiger partial charge in [0.05, 0.1) is 12.6 Å². The third-order valence-electron chi connectivity index (χ3n) is 4.35. The van der Waals surface area contributed by atoms with Crippen molar-refractivity contribution in [3.63, 3.8) is 0 Å². The highest BCUT2D eigenvalue weighted by atomic mass is 16.6. The molecule has 0 spiro atoms. The number of aliphatic hydroxyl groups excluding tert-OH is 1. The van der Waals surface area contributed by atoms with Crippen LogP contribution in [0.4, 0.5) is 10.5 Å². The molecule has 8 nitrogen and oxygen atoms in total. The largest absolute Gasteiger partial charge is 0.486 e. The molecular weight excluding hydrogens is 326 g/mol. The summed E-state index contributed by atoms with van der Waals surface area (Å²) in [6, 6.07) is 4.89. The van der Waals surface area contributed by atoms with Crippen LogP contribution in [0.5, 0.6) is 11.5 Å². The molecule has 2 aliphatic heterocycles. The number of hydrogen-bond acceptors (Lipinski definition) is 5. The molecule has 1 aromatic carbocycles. The minimum atomic E-state index is -0.279. The zero-order chi connectivity index (χ0) is 17.8. The van der Waals surface area contributed by atoms with Gasteiger partial charge in [0.15, 0.2) is 11.5 Å². The Bertz CT molecular complexity index is 647. The second kappa shape index (κ2) is 7.60. The van der Waals surface area contributed by atoms with Crippen molar-refractivity contribution >= 4 is 17.6 Å². The van der Waals surface area contributed by atoms with Gasteiger partial charge in [-0.15, -0.1) is 0 Å². The first-order valence-corrected chi connectivity index (χ1v) is 8.48. The summed E-state index contributed by atoms with van der Waals surface area (Å²) in [6.45, 7) is 3.73. The van der Waals surface area contributed by atoms with Gasteiger partial charge in [-0.1, -0.05) is 6.92 Å². The molecule has 2 N–H and O–H groups in total. The van der Waals surface area contributed by atoms with Crippen LogP contribution < -0.4 is 19.7 Å². The standard InChI is InChI=1S/C17H23N3O5/c1-2-12(11-21)18-16(22)10-19-5-6-20(17(19)23)13-3-4-14-15(9-13)25-8-7-24-14/h3-4,9,12,21H,2,5-8,10-11H2,1H3,(H,18,22)/t12-/m1/s1. The Labute approximate surface area is 146 Å². The smallest absolute Gasteiger partial charge is 0.325 e. The normalized spacial score (nSPS) is 17.6. The van der Waals surface area contributed by atoms with E-state index in [-0.39, 0.29) is 31.1 Å². The van der Waals surface area contributed by atoms with Gasteiger partial charge in [-0.3, -0.25) is 9.69 Å². The number of aliphatic hydroxyl groups is 1. The summed E-state index contributed by atoms with van der Waals surface area (Å²) < 4.78 is 11.0. The van der Waals surface area contributed by atoms with Crippen molar-refractivity contribution in [3.05, 3.63) is 18.2 Å². The topological polar surface area (TPSA) is 91.3 Å². The lowest BCUT2D eigenvalue weighted by molar-refractivity contribution is -0.122. The van der Waals surface area contributed by atoms with E-state index in [1.165, 1.54) is 4.90 Å². The van der Waals surface area contributed by atoms with Gasteiger partial charge in [0.1, 0.15) is 19.8 Å². The fourth-order valence-electron chi connectivity index (χ4n) is 2.89. The lowest BCUT2D eigenvalue weighted by Crippen LogP contribution is -2.44. The van der Waals surface area contributed by atoms with E-state index in [4.69, 9.17) is 14.6 Å². The van der Waals surface area contributed by atoms with Crippen molar-refractivity contribution in [2.75, 3.05) is 44.4 Å². The quantitative estimate of drug-likeness (QED) is 0.784. The fraction of sp³-hybridized carbons (Fsp3) is 0.529. The molecule has 0 saturated carbocycles. The van der Waals surface area contributed by atoms with E-state index in [9.17, 15) is 9.59 Å². The number of rotatable bonds is 6. The number of fused-ring (bicyclic) bond motifs is 1. The predicted octanol–water partition coefficient (Wildman–Crippen LogP) is 0.587.